The Morgan fingerprint density at radius 3 is 0.716 bits per heavy atom. The minimum absolute atomic E-state index is 0.0981. The third kappa shape index (κ3) is 59.3. The van der Waals surface area contributed by atoms with Gasteiger partial charge in [-0.3, -0.25) is 0 Å². The molecule has 0 heterocycles. The van der Waals surface area contributed by atoms with E-state index in [1.165, 1.54) is 19.3 Å². The SMILES string of the molecule is CC(C)CC(C)(C)N[C@@H](C(C)C)C(F)(F)F.CC(C)CCN[C@@H](C)C(C)C.CC(C)C[C@@H](C)N[C@@H](C(C)C)C(F)(F)F.CC(C)C[C@@H](C)N[C@@H](C)C(C)C.CC(C)C[C@H](C)N[C@@H](C(C)C)C(F)(F)F.CC(C)C[C@H](C)N[C@@H](C)C(C)C. The highest BCUT2D eigenvalue weighted by atomic mass is 19.4. The normalized spacial score (nSPS) is 16.5. The van der Waals surface area contributed by atoms with Crippen LogP contribution in [0.1, 0.15) is 267 Å². The van der Waals surface area contributed by atoms with Gasteiger partial charge in [0.1, 0.15) is 18.1 Å². The first-order valence-electron chi connectivity index (χ1n) is 31.9. The van der Waals surface area contributed by atoms with E-state index in [0.717, 1.165) is 61.3 Å². The Morgan fingerprint density at radius 1 is 0.284 bits per heavy atom. The summed E-state index contributed by atoms with van der Waals surface area (Å²) in [7, 11) is 0. The van der Waals surface area contributed by atoms with Crippen LogP contribution < -0.4 is 31.9 Å². The zero-order valence-electron chi connectivity index (χ0n) is 59.1. The molecule has 0 aliphatic heterocycles. The molecule has 81 heavy (non-hydrogen) atoms. The lowest BCUT2D eigenvalue weighted by atomic mass is 9.90. The summed E-state index contributed by atoms with van der Waals surface area (Å²) >= 11 is 0. The second kappa shape index (κ2) is 46.3. The molecule has 0 spiro atoms. The van der Waals surface area contributed by atoms with Gasteiger partial charge in [0.25, 0.3) is 0 Å². The predicted molar refractivity (Wildman–Crippen MR) is 339 cm³/mol. The van der Waals surface area contributed by atoms with Gasteiger partial charge in [0, 0.05) is 47.8 Å². The first-order valence-corrected chi connectivity index (χ1v) is 31.9. The van der Waals surface area contributed by atoms with Gasteiger partial charge in [-0.05, 0) is 178 Å². The summed E-state index contributed by atoms with van der Waals surface area (Å²) in [5.41, 5.74) is -0.487. The first-order chi connectivity index (χ1) is 36.1. The topological polar surface area (TPSA) is 72.2 Å². The van der Waals surface area contributed by atoms with E-state index in [-0.39, 0.29) is 12.1 Å². The average molecular weight is 1190 g/mol. The van der Waals surface area contributed by atoms with Gasteiger partial charge in [-0.25, -0.2) is 0 Å². The summed E-state index contributed by atoms with van der Waals surface area (Å²) in [6.07, 6.45) is -6.39. The van der Waals surface area contributed by atoms with Crippen molar-refractivity contribution in [2.45, 2.75) is 351 Å². The van der Waals surface area contributed by atoms with E-state index >= 15 is 0 Å². The molecule has 10 atom stereocenters. The molecule has 0 bridgehead atoms. The van der Waals surface area contributed by atoms with Crippen molar-refractivity contribution in [3.63, 3.8) is 0 Å². The third-order valence-corrected chi connectivity index (χ3v) is 14.0. The molecule has 0 saturated heterocycles. The molecule has 0 amide bonds. The molecule has 0 saturated carbocycles. The van der Waals surface area contributed by atoms with Gasteiger partial charge in [-0.15, -0.1) is 0 Å². The van der Waals surface area contributed by atoms with Crippen LogP contribution in [0.5, 0.6) is 0 Å². The molecule has 0 aromatic carbocycles. The number of hydrogen-bond donors (Lipinski definition) is 6. The number of rotatable bonds is 30. The van der Waals surface area contributed by atoms with Crippen LogP contribution in [-0.2, 0) is 0 Å². The first kappa shape index (κ1) is 91.3. The standard InChI is InChI=1S/C12H24F3N.2C11H22F3N.2C11H25N.C10H23N/c1-8(2)7-11(5,6)16-10(9(3)4)12(13,14)15;2*1-7(2)6-9(5)15-10(8(3)4)11(12,13)14;2*1-8(2)7-10(5)12-11(6)9(3)4;1-8(2)6-7-11-10(5)9(3)4/h8-10,16H,7H2,1-6H3;2*7-10,15H,6H2,1-5H3;2*8-12H,7H2,1-6H3;8-11H,6-7H2,1-5H3/t10-;9-,10+;9-,10-;10-,11+;10-,11-;10-/m010100/s1. The maximum atomic E-state index is 12.8. The highest BCUT2D eigenvalue weighted by Crippen LogP contribution is 2.30. The number of hydrogen-bond acceptors (Lipinski definition) is 6. The van der Waals surface area contributed by atoms with Crippen LogP contribution in [0.15, 0.2) is 0 Å². The van der Waals surface area contributed by atoms with Gasteiger partial charge >= 0.3 is 18.5 Å². The van der Waals surface area contributed by atoms with Crippen molar-refractivity contribution in [2.75, 3.05) is 6.54 Å². The molecule has 0 rings (SSSR count). The van der Waals surface area contributed by atoms with Crippen LogP contribution >= 0.6 is 0 Å². The third-order valence-electron chi connectivity index (χ3n) is 14.0. The van der Waals surface area contributed by atoms with Crippen molar-refractivity contribution < 1.29 is 39.5 Å². The fourth-order valence-corrected chi connectivity index (χ4v) is 9.29. The summed E-state index contributed by atoms with van der Waals surface area (Å²) in [6.45, 7) is 68.6. The summed E-state index contributed by atoms with van der Waals surface area (Å²) < 4.78 is 114. The molecule has 498 valence electrons. The van der Waals surface area contributed by atoms with Crippen LogP contribution in [-0.4, -0.2) is 91.0 Å². The van der Waals surface area contributed by atoms with E-state index in [4.69, 9.17) is 0 Å². The monoisotopic (exact) mass is 1190 g/mol. The smallest absolute Gasteiger partial charge is 0.314 e. The molecule has 0 aliphatic carbocycles. The molecular formula is C66H141F9N6. The summed E-state index contributed by atoms with van der Waals surface area (Å²) in [5, 5.41) is 18.8. The molecule has 0 aliphatic rings. The fourth-order valence-electron chi connectivity index (χ4n) is 9.29. The molecule has 0 unspecified atom stereocenters. The predicted octanol–water partition coefficient (Wildman–Crippen LogP) is 20.0. The Hall–Kier alpha value is -0.870. The largest absolute Gasteiger partial charge is 0.404 e. The van der Waals surface area contributed by atoms with Crippen LogP contribution in [0.4, 0.5) is 39.5 Å². The van der Waals surface area contributed by atoms with E-state index in [0.29, 0.717) is 48.0 Å². The van der Waals surface area contributed by atoms with Crippen molar-refractivity contribution in [2.24, 2.45) is 71.0 Å². The highest BCUT2D eigenvalue weighted by Gasteiger charge is 2.45. The van der Waals surface area contributed by atoms with Crippen molar-refractivity contribution >= 4 is 0 Å². The van der Waals surface area contributed by atoms with E-state index in [1.54, 1.807) is 55.4 Å². The zero-order valence-corrected chi connectivity index (χ0v) is 59.1. The zero-order chi connectivity index (χ0) is 65.9. The molecule has 0 radical (unpaired) electrons. The number of halogens is 9. The summed E-state index contributed by atoms with van der Waals surface area (Å²) in [5.74, 6) is 4.53. The Morgan fingerprint density at radius 2 is 0.531 bits per heavy atom. The molecule has 0 aromatic heterocycles. The summed E-state index contributed by atoms with van der Waals surface area (Å²) in [4.78, 5) is 0. The molecular weight excluding hydrogens is 1050 g/mol. The van der Waals surface area contributed by atoms with Crippen LogP contribution in [0.3, 0.4) is 0 Å². The second-order valence-electron chi connectivity index (χ2n) is 29.4. The van der Waals surface area contributed by atoms with Crippen molar-refractivity contribution in [1.82, 2.24) is 31.9 Å². The molecule has 0 aromatic rings. The van der Waals surface area contributed by atoms with Crippen LogP contribution in [0, 0.1) is 71.0 Å². The minimum Gasteiger partial charge on any atom is -0.314 e. The van der Waals surface area contributed by atoms with Crippen LogP contribution in [0.25, 0.3) is 0 Å². The fraction of sp³-hybridized carbons (Fsp3) is 1.00. The Balaban J connectivity index is -0.000000209. The average Bonchev–Trinajstić information content (AvgIpc) is 3.21. The lowest BCUT2D eigenvalue weighted by molar-refractivity contribution is -0.170. The Labute approximate surface area is 498 Å². The van der Waals surface area contributed by atoms with E-state index < -0.39 is 59.9 Å². The van der Waals surface area contributed by atoms with Gasteiger partial charge in [-0.1, -0.05) is 166 Å². The van der Waals surface area contributed by atoms with E-state index in [9.17, 15) is 39.5 Å². The molecule has 6 N–H and O–H groups in total. The maximum Gasteiger partial charge on any atom is 0.404 e. The lowest BCUT2D eigenvalue weighted by Crippen LogP contribution is -2.55. The van der Waals surface area contributed by atoms with Gasteiger partial charge in [0.2, 0.25) is 0 Å². The number of nitrogens with one attached hydrogen (secondary N) is 6. The minimum atomic E-state index is -4.18. The van der Waals surface area contributed by atoms with E-state index in [2.05, 4.69) is 150 Å². The van der Waals surface area contributed by atoms with Gasteiger partial charge in [-0.2, -0.15) is 39.5 Å². The highest BCUT2D eigenvalue weighted by molar-refractivity contribution is 4.89. The number of alkyl halides is 9. The van der Waals surface area contributed by atoms with Crippen molar-refractivity contribution in [3.05, 3.63) is 0 Å². The Bertz CT molecular complexity index is 1320. The van der Waals surface area contributed by atoms with Crippen molar-refractivity contribution in [1.29, 1.82) is 0 Å². The molecule has 0 fully saturated rings. The van der Waals surface area contributed by atoms with Gasteiger partial charge in [0.15, 0.2) is 0 Å². The lowest BCUT2D eigenvalue weighted by Gasteiger charge is -2.36. The summed E-state index contributed by atoms with van der Waals surface area (Å²) in [6, 6.07) is -1.17. The van der Waals surface area contributed by atoms with Crippen LogP contribution in [0.2, 0.25) is 0 Å². The molecule has 15 heteroatoms. The van der Waals surface area contributed by atoms with E-state index in [1.807, 2.05) is 55.4 Å². The molecule has 6 nitrogen and oxygen atoms in total. The Kier molecular flexibility index (Phi) is 52.2. The maximum absolute atomic E-state index is 12.8. The van der Waals surface area contributed by atoms with Gasteiger partial charge in [0.05, 0.1) is 0 Å². The quantitative estimate of drug-likeness (QED) is 0.0403. The van der Waals surface area contributed by atoms with Crippen molar-refractivity contribution in [3.8, 4) is 0 Å². The van der Waals surface area contributed by atoms with Gasteiger partial charge < -0.3 is 31.9 Å². The second-order valence-corrected chi connectivity index (χ2v) is 29.4.